The van der Waals surface area contributed by atoms with Crippen LogP contribution in [-0.4, -0.2) is 35.6 Å². The van der Waals surface area contributed by atoms with Crippen molar-refractivity contribution in [2.45, 2.75) is 23.8 Å². The minimum absolute atomic E-state index is 0.546. The number of rotatable bonds is 4. The molecule has 92 valence electrons. The lowest BCUT2D eigenvalue weighted by Crippen LogP contribution is -2.29. The second-order valence-corrected chi connectivity index (χ2v) is 5.53. The Morgan fingerprint density at radius 3 is 2.41 bits per heavy atom. The van der Waals surface area contributed by atoms with Gasteiger partial charge in [-0.2, -0.15) is 11.8 Å². The summed E-state index contributed by atoms with van der Waals surface area (Å²) in [6.45, 7) is 1.76. The zero-order valence-corrected chi connectivity index (χ0v) is 10.5. The van der Waals surface area contributed by atoms with Gasteiger partial charge in [0.2, 0.25) is 0 Å². The third kappa shape index (κ3) is 4.03. The van der Waals surface area contributed by atoms with Gasteiger partial charge in [0.05, 0.1) is 0 Å². The van der Waals surface area contributed by atoms with Crippen molar-refractivity contribution < 1.29 is 14.8 Å². The van der Waals surface area contributed by atoms with E-state index < -0.39 is 7.12 Å². The summed E-state index contributed by atoms with van der Waals surface area (Å²) in [5.74, 6) is 0.979. The van der Waals surface area contributed by atoms with Crippen LogP contribution in [0.1, 0.15) is 18.4 Å². The van der Waals surface area contributed by atoms with E-state index in [9.17, 15) is 0 Å². The van der Waals surface area contributed by atoms with Crippen LogP contribution in [0.3, 0.4) is 0 Å². The quantitative estimate of drug-likeness (QED) is 0.777. The van der Waals surface area contributed by atoms with Crippen molar-refractivity contribution in [2.75, 3.05) is 13.2 Å². The molecule has 0 unspecified atom stereocenters. The van der Waals surface area contributed by atoms with E-state index in [1.54, 1.807) is 12.1 Å². The lowest BCUT2D eigenvalue weighted by Gasteiger charge is -2.21. The lowest BCUT2D eigenvalue weighted by molar-refractivity contribution is 0.1000. The Labute approximate surface area is 106 Å². The van der Waals surface area contributed by atoms with Crippen molar-refractivity contribution in [2.24, 2.45) is 0 Å². The van der Waals surface area contributed by atoms with E-state index in [0.717, 1.165) is 31.8 Å². The highest BCUT2D eigenvalue weighted by Crippen LogP contribution is 2.25. The Morgan fingerprint density at radius 2 is 1.82 bits per heavy atom. The fourth-order valence-corrected chi connectivity index (χ4v) is 2.99. The third-order valence-corrected chi connectivity index (χ3v) is 4.37. The molecule has 0 amide bonds. The second kappa shape index (κ2) is 6.45. The van der Waals surface area contributed by atoms with Gasteiger partial charge in [-0.1, -0.05) is 24.3 Å². The van der Waals surface area contributed by atoms with Crippen LogP contribution in [0.2, 0.25) is 0 Å². The van der Waals surface area contributed by atoms with E-state index in [0.29, 0.717) is 10.7 Å². The summed E-state index contributed by atoms with van der Waals surface area (Å²) in [6, 6.07) is 7.46. The Hall–Kier alpha value is -0.485. The molecule has 1 aliphatic rings. The molecule has 1 aromatic rings. The molecule has 2 N–H and O–H groups in total. The molecule has 0 saturated carbocycles. The molecule has 1 aliphatic heterocycles. The maximum absolute atomic E-state index is 8.98. The molecule has 1 fully saturated rings. The standard InChI is InChI=1S/C12H17BO3S/c14-13(15)11-3-1-10(2-4-11)9-17-12-5-7-16-8-6-12/h1-4,12,14-15H,5-9H2. The van der Waals surface area contributed by atoms with Crippen LogP contribution >= 0.6 is 11.8 Å². The van der Waals surface area contributed by atoms with Gasteiger partial charge in [-0.05, 0) is 23.9 Å². The van der Waals surface area contributed by atoms with E-state index in [-0.39, 0.29) is 0 Å². The van der Waals surface area contributed by atoms with Crippen molar-refractivity contribution in [1.29, 1.82) is 0 Å². The number of benzene rings is 1. The normalized spacial score (nSPS) is 17.1. The molecule has 1 heterocycles. The van der Waals surface area contributed by atoms with E-state index >= 15 is 0 Å². The largest absolute Gasteiger partial charge is 0.488 e. The summed E-state index contributed by atoms with van der Waals surface area (Å²) in [4.78, 5) is 0. The SMILES string of the molecule is OB(O)c1ccc(CSC2CCOCC2)cc1. The van der Waals surface area contributed by atoms with Gasteiger partial charge in [0, 0.05) is 24.2 Å². The zero-order valence-electron chi connectivity index (χ0n) is 9.71. The highest BCUT2D eigenvalue weighted by molar-refractivity contribution is 7.99. The average Bonchev–Trinajstić information content (AvgIpc) is 2.38. The first kappa shape index (κ1) is 13.0. The number of hydrogen-bond donors (Lipinski definition) is 2. The molecule has 0 aliphatic carbocycles. The van der Waals surface area contributed by atoms with Gasteiger partial charge >= 0.3 is 7.12 Å². The fraction of sp³-hybridized carbons (Fsp3) is 0.500. The maximum Gasteiger partial charge on any atom is 0.488 e. The van der Waals surface area contributed by atoms with Crippen molar-refractivity contribution in [3.05, 3.63) is 29.8 Å². The van der Waals surface area contributed by atoms with E-state index in [1.165, 1.54) is 5.56 Å². The smallest absolute Gasteiger partial charge is 0.423 e. The first-order chi connectivity index (χ1) is 8.25. The molecule has 0 radical (unpaired) electrons. The van der Waals surface area contributed by atoms with Crippen LogP contribution in [0.5, 0.6) is 0 Å². The van der Waals surface area contributed by atoms with Gasteiger partial charge in [0.1, 0.15) is 0 Å². The van der Waals surface area contributed by atoms with Gasteiger partial charge in [-0.3, -0.25) is 0 Å². The number of ether oxygens (including phenoxy) is 1. The van der Waals surface area contributed by atoms with Crippen molar-refractivity contribution >= 4 is 24.3 Å². The van der Waals surface area contributed by atoms with Crippen molar-refractivity contribution in [3.8, 4) is 0 Å². The molecule has 0 spiro atoms. The Balaban J connectivity index is 1.82. The summed E-state index contributed by atoms with van der Waals surface area (Å²) in [5.41, 5.74) is 1.77. The van der Waals surface area contributed by atoms with Gasteiger partial charge in [-0.15, -0.1) is 0 Å². The average molecular weight is 252 g/mol. The summed E-state index contributed by atoms with van der Waals surface area (Å²) >= 11 is 1.96. The predicted octanol–water partition coefficient (Wildman–Crippen LogP) is 0.779. The van der Waals surface area contributed by atoms with Crippen LogP contribution in [0.15, 0.2) is 24.3 Å². The molecule has 17 heavy (non-hydrogen) atoms. The van der Waals surface area contributed by atoms with Crippen molar-refractivity contribution in [3.63, 3.8) is 0 Å². The first-order valence-corrected chi connectivity index (χ1v) is 6.95. The topological polar surface area (TPSA) is 49.7 Å². The molecule has 1 saturated heterocycles. The Morgan fingerprint density at radius 1 is 1.18 bits per heavy atom. The van der Waals surface area contributed by atoms with E-state index in [4.69, 9.17) is 14.8 Å². The molecule has 0 bridgehead atoms. The first-order valence-electron chi connectivity index (χ1n) is 5.90. The van der Waals surface area contributed by atoms with E-state index in [2.05, 4.69) is 0 Å². The predicted molar refractivity (Wildman–Crippen MR) is 71.4 cm³/mol. The lowest BCUT2D eigenvalue weighted by atomic mass is 9.80. The minimum Gasteiger partial charge on any atom is -0.423 e. The molecule has 2 rings (SSSR count). The number of thioether (sulfide) groups is 1. The summed E-state index contributed by atoms with van der Waals surface area (Å²) < 4.78 is 5.32. The highest BCUT2D eigenvalue weighted by Gasteiger charge is 2.14. The summed E-state index contributed by atoms with van der Waals surface area (Å²) in [5, 5.41) is 18.7. The van der Waals surface area contributed by atoms with Crippen LogP contribution in [0.4, 0.5) is 0 Å². The molecular formula is C12H17BO3S. The third-order valence-electron chi connectivity index (χ3n) is 2.93. The molecule has 3 nitrogen and oxygen atoms in total. The van der Waals surface area contributed by atoms with Crippen LogP contribution in [0.25, 0.3) is 0 Å². The van der Waals surface area contributed by atoms with Crippen LogP contribution in [0, 0.1) is 0 Å². The zero-order chi connectivity index (χ0) is 12.1. The van der Waals surface area contributed by atoms with Gasteiger partial charge in [0.25, 0.3) is 0 Å². The Kier molecular flexibility index (Phi) is 4.92. The molecule has 5 heteroatoms. The van der Waals surface area contributed by atoms with Crippen LogP contribution in [-0.2, 0) is 10.5 Å². The second-order valence-electron chi connectivity index (χ2n) is 4.24. The number of hydrogen-bond acceptors (Lipinski definition) is 4. The monoisotopic (exact) mass is 252 g/mol. The summed E-state index contributed by atoms with van der Waals surface area (Å²) in [7, 11) is -1.37. The minimum atomic E-state index is -1.37. The van der Waals surface area contributed by atoms with Crippen LogP contribution < -0.4 is 5.46 Å². The fourth-order valence-electron chi connectivity index (χ4n) is 1.84. The van der Waals surface area contributed by atoms with Gasteiger partial charge in [-0.25, -0.2) is 0 Å². The molecular weight excluding hydrogens is 235 g/mol. The van der Waals surface area contributed by atoms with Gasteiger partial charge in [0.15, 0.2) is 0 Å². The molecule has 0 aromatic heterocycles. The molecule has 0 atom stereocenters. The maximum atomic E-state index is 8.98. The highest BCUT2D eigenvalue weighted by atomic mass is 32.2. The Bertz CT molecular complexity index is 336. The van der Waals surface area contributed by atoms with Crippen molar-refractivity contribution in [1.82, 2.24) is 0 Å². The summed E-state index contributed by atoms with van der Waals surface area (Å²) in [6.07, 6.45) is 2.27. The molecule has 1 aromatic carbocycles. The van der Waals surface area contributed by atoms with E-state index in [1.807, 2.05) is 23.9 Å². The van der Waals surface area contributed by atoms with Gasteiger partial charge < -0.3 is 14.8 Å².